The lowest BCUT2D eigenvalue weighted by molar-refractivity contribution is 0.00742. The summed E-state index contributed by atoms with van der Waals surface area (Å²) in [5.74, 6) is 1.54. The number of amides is 1. The minimum absolute atomic E-state index is 0.204. The average molecular weight is 255 g/mol. The lowest BCUT2D eigenvalue weighted by atomic mass is 9.84. The molecule has 0 spiro atoms. The van der Waals surface area contributed by atoms with Gasteiger partial charge in [-0.2, -0.15) is 0 Å². The highest BCUT2D eigenvalue weighted by Gasteiger charge is 2.41. The second-order valence-corrected chi connectivity index (χ2v) is 6.66. The summed E-state index contributed by atoms with van der Waals surface area (Å²) >= 11 is 0. The predicted molar refractivity (Wildman–Crippen MR) is 69.2 cm³/mol. The largest absolute Gasteiger partial charge is 0.444 e. The normalized spacial score (nSPS) is 32.2. The van der Waals surface area contributed by atoms with Crippen LogP contribution in [0.4, 0.5) is 4.79 Å². The molecule has 0 aromatic rings. The molecule has 4 nitrogen and oxygen atoms in total. The Morgan fingerprint density at radius 2 is 2.06 bits per heavy atom. The van der Waals surface area contributed by atoms with E-state index >= 15 is 0 Å². The molecular weight excluding hydrogens is 230 g/mol. The number of fused-ring (bicyclic) bond motifs is 1. The molecule has 0 unspecified atom stereocenters. The molecule has 0 bridgehead atoms. The lowest BCUT2D eigenvalue weighted by Gasteiger charge is -2.37. The summed E-state index contributed by atoms with van der Waals surface area (Å²) in [6, 6.07) is 0. The number of aliphatic hydroxyl groups is 1. The van der Waals surface area contributed by atoms with Crippen molar-refractivity contribution >= 4 is 6.09 Å². The summed E-state index contributed by atoms with van der Waals surface area (Å²) in [5, 5.41) is 9.38. The second kappa shape index (κ2) is 5.08. The highest BCUT2D eigenvalue weighted by atomic mass is 16.6. The Morgan fingerprint density at radius 1 is 1.33 bits per heavy atom. The number of aliphatic hydroxyl groups excluding tert-OH is 1. The van der Waals surface area contributed by atoms with Gasteiger partial charge in [0.1, 0.15) is 5.60 Å². The molecule has 2 aliphatic rings. The van der Waals surface area contributed by atoms with E-state index in [9.17, 15) is 9.90 Å². The van der Waals surface area contributed by atoms with Crippen molar-refractivity contribution < 1.29 is 14.6 Å². The second-order valence-electron chi connectivity index (χ2n) is 6.66. The van der Waals surface area contributed by atoms with Crippen LogP contribution in [0.5, 0.6) is 0 Å². The summed E-state index contributed by atoms with van der Waals surface area (Å²) in [6.45, 7) is 7.49. The van der Waals surface area contributed by atoms with Gasteiger partial charge in [0.05, 0.1) is 0 Å². The van der Waals surface area contributed by atoms with Gasteiger partial charge in [-0.15, -0.1) is 0 Å². The van der Waals surface area contributed by atoms with Crippen molar-refractivity contribution in [2.45, 2.75) is 45.6 Å². The number of nitrogens with zero attached hydrogens (tertiary/aromatic N) is 1. The molecule has 1 amide bonds. The zero-order chi connectivity index (χ0) is 13.3. The van der Waals surface area contributed by atoms with Gasteiger partial charge >= 0.3 is 6.09 Å². The highest BCUT2D eigenvalue weighted by Crippen LogP contribution is 2.42. The van der Waals surface area contributed by atoms with Crippen molar-refractivity contribution in [3.05, 3.63) is 0 Å². The van der Waals surface area contributed by atoms with Crippen molar-refractivity contribution in [1.82, 2.24) is 4.90 Å². The van der Waals surface area contributed by atoms with Crippen molar-refractivity contribution in [3.63, 3.8) is 0 Å². The minimum Gasteiger partial charge on any atom is -0.444 e. The summed E-state index contributed by atoms with van der Waals surface area (Å²) in [7, 11) is 0. The van der Waals surface area contributed by atoms with Crippen LogP contribution in [0.15, 0.2) is 0 Å². The van der Waals surface area contributed by atoms with Crippen LogP contribution in [0.2, 0.25) is 0 Å². The molecule has 4 heteroatoms. The van der Waals surface area contributed by atoms with Crippen LogP contribution in [0.25, 0.3) is 0 Å². The van der Waals surface area contributed by atoms with Crippen molar-refractivity contribution in [3.8, 4) is 0 Å². The number of likely N-dealkylation sites (tertiary alicyclic amines) is 1. The average Bonchev–Trinajstić information content (AvgIpc) is 2.68. The van der Waals surface area contributed by atoms with Crippen molar-refractivity contribution in [2.75, 3.05) is 19.7 Å². The van der Waals surface area contributed by atoms with Crippen LogP contribution < -0.4 is 0 Å². The van der Waals surface area contributed by atoms with Crippen LogP contribution in [-0.4, -0.2) is 41.4 Å². The fraction of sp³-hybridized carbons (Fsp3) is 0.929. The lowest BCUT2D eigenvalue weighted by Crippen LogP contribution is -2.46. The van der Waals surface area contributed by atoms with E-state index in [-0.39, 0.29) is 12.7 Å². The Morgan fingerprint density at radius 3 is 2.67 bits per heavy atom. The summed E-state index contributed by atoms with van der Waals surface area (Å²) < 4.78 is 5.42. The van der Waals surface area contributed by atoms with E-state index in [0.29, 0.717) is 17.8 Å². The van der Waals surface area contributed by atoms with Gasteiger partial charge in [-0.25, -0.2) is 4.79 Å². The summed E-state index contributed by atoms with van der Waals surface area (Å²) in [6.07, 6.45) is 3.16. The molecule has 104 valence electrons. The molecule has 1 aliphatic heterocycles. The molecule has 0 radical (unpaired) electrons. The van der Waals surface area contributed by atoms with Crippen molar-refractivity contribution in [2.24, 2.45) is 17.8 Å². The van der Waals surface area contributed by atoms with Gasteiger partial charge in [-0.05, 0) is 57.8 Å². The number of ether oxygens (including phenoxy) is 1. The maximum atomic E-state index is 12.0. The predicted octanol–water partition coefficient (Wildman–Crippen LogP) is 2.26. The third-order valence-electron chi connectivity index (χ3n) is 4.21. The molecule has 1 saturated heterocycles. The van der Waals surface area contributed by atoms with Crippen molar-refractivity contribution in [1.29, 1.82) is 0 Å². The third-order valence-corrected chi connectivity index (χ3v) is 4.21. The first-order chi connectivity index (χ1) is 8.40. The van der Waals surface area contributed by atoms with E-state index in [0.717, 1.165) is 25.9 Å². The molecule has 0 aromatic heterocycles. The molecule has 1 saturated carbocycles. The number of carbonyl (C=O) groups excluding carboxylic acids is 1. The molecule has 0 aromatic carbocycles. The number of piperidine rings is 1. The van der Waals surface area contributed by atoms with E-state index in [1.54, 1.807) is 0 Å². The number of rotatable bonds is 1. The van der Waals surface area contributed by atoms with Gasteiger partial charge < -0.3 is 14.7 Å². The van der Waals surface area contributed by atoms with Gasteiger partial charge in [0, 0.05) is 19.7 Å². The Balaban J connectivity index is 1.94. The van der Waals surface area contributed by atoms with Gasteiger partial charge in [-0.1, -0.05) is 0 Å². The van der Waals surface area contributed by atoms with Crippen LogP contribution >= 0.6 is 0 Å². The fourth-order valence-corrected chi connectivity index (χ4v) is 3.28. The van der Waals surface area contributed by atoms with E-state index in [2.05, 4.69) is 0 Å². The fourth-order valence-electron chi connectivity index (χ4n) is 3.28. The highest BCUT2D eigenvalue weighted by molar-refractivity contribution is 5.68. The molecule has 1 aliphatic carbocycles. The zero-order valence-electron chi connectivity index (χ0n) is 11.7. The Kier molecular flexibility index (Phi) is 3.85. The molecule has 18 heavy (non-hydrogen) atoms. The smallest absolute Gasteiger partial charge is 0.410 e. The summed E-state index contributed by atoms with van der Waals surface area (Å²) in [4.78, 5) is 13.9. The minimum atomic E-state index is -0.431. The first kappa shape index (κ1) is 13.7. The van der Waals surface area contributed by atoms with Gasteiger partial charge in [0.2, 0.25) is 0 Å². The maximum Gasteiger partial charge on any atom is 0.410 e. The first-order valence-corrected chi connectivity index (χ1v) is 6.99. The Hall–Kier alpha value is -0.770. The van der Waals surface area contributed by atoms with Gasteiger partial charge in [0.25, 0.3) is 0 Å². The molecule has 1 heterocycles. The summed E-state index contributed by atoms with van der Waals surface area (Å²) in [5.41, 5.74) is -0.431. The van der Waals surface area contributed by atoms with E-state index in [1.807, 2.05) is 25.7 Å². The van der Waals surface area contributed by atoms with E-state index in [1.165, 1.54) is 6.42 Å². The first-order valence-electron chi connectivity index (χ1n) is 6.99. The Bertz CT molecular complexity index is 305. The molecule has 1 N–H and O–H groups in total. The molecule has 2 fully saturated rings. The Labute approximate surface area is 109 Å². The quantitative estimate of drug-likeness (QED) is 0.782. The van der Waals surface area contributed by atoms with E-state index in [4.69, 9.17) is 4.74 Å². The number of carbonyl (C=O) groups is 1. The number of hydrogen-bond donors (Lipinski definition) is 1. The van der Waals surface area contributed by atoms with Gasteiger partial charge in [0.15, 0.2) is 0 Å². The van der Waals surface area contributed by atoms with Crippen LogP contribution in [0, 0.1) is 17.8 Å². The van der Waals surface area contributed by atoms with Crippen LogP contribution in [0.1, 0.15) is 40.0 Å². The molecule has 2 rings (SSSR count). The molecular formula is C14H25NO3. The topological polar surface area (TPSA) is 49.8 Å². The van der Waals surface area contributed by atoms with Crippen LogP contribution in [0.3, 0.4) is 0 Å². The maximum absolute atomic E-state index is 12.0. The standard InChI is InChI=1S/C14H25NO3/c1-14(2,3)18-13(17)15-7-6-10-4-5-11(9-16)12(10)8-15/h10-12,16H,4-9H2,1-3H3/t10-,11+,12+/m0/s1. The van der Waals surface area contributed by atoms with Crippen LogP contribution in [-0.2, 0) is 4.74 Å². The molecule has 3 atom stereocenters. The van der Waals surface area contributed by atoms with Gasteiger partial charge in [-0.3, -0.25) is 0 Å². The SMILES string of the molecule is CC(C)(C)OC(=O)N1CC[C@@H]2CC[C@H](CO)[C@@H]2C1. The monoisotopic (exact) mass is 255 g/mol. The zero-order valence-corrected chi connectivity index (χ0v) is 11.7. The number of hydrogen-bond acceptors (Lipinski definition) is 3. The third kappa shape index (κ3) is 2.97. The van der Waals surface area contributed by atoms with E-state index < -0.39 is 5.60 Å².